The summed E-state index contributed by atoms with van der Waals surface area (Å²) in [6.45, 7) is 5.13. The summed E-state index contributed by atoms with van der Waals surface area (Å²) in [5.74, 6) is 1.93. The van der Waals surface area contributed by atoms with Crippen molar-refractivity contribution >= 4 is 17.7 Å². The fourth-order valence-electron chi connectivity index (χ4n) is 0.867. The van der Waals surface area contributed by atoms with E-state index in [9.17, 15) is 4.79 Å². The van der Waals surface area contributed by atoms with Crippen LogP contribution in [-0.4, -0.2) is 24.0 Å². The number of unbranched alkanes of at least 4 members (excludes halogenated alkanes) is 2. The molecule has 0 spiro atoms. The number of rotatable bonds is 8. The molecule has 0 saturated carbocycles. The first-order chi connectivity index (χ1) is 6.31. The second-order valence-corrected chi connectivity index (χ2v) is 4.21. The van der Waals surface area contributed by atoms with Crippen molar-refractivity contribution in [3.05, 3.63) is 0 Å². The molecule has 1 N–H and O–H groups in total. The van der Waals surface area contributed by atoms with Gasteiger partial charge in [0.25, 0.3) is 0 Å². The van der Waals surface area contributed by atoms with Crippen LogP contribution in [0.4, 0.5) is 0 Å². The molecule has 1 amide bonds. The number of nitrogens with one attached hydrogen (secondary N) is 1. The smallest absolute Gasteiger partial charge is 0.229 e. The Morgan fingerprint density at radius 1 is 1.23 bits per heavy atom. The molecule has 0 aliphatic heterocycles. The molecule has 0 radical (unpaired) electrons. The van der Waals surface area contributed by atoms with Crippen molar-refractivity contribution in [2.45, 2.75) is 39.5 Å². The maximum absolute atomic E-state index is 11.1. The Balaban J connectivity index is 3.11. The zero-order valence-electron chi connectivity index (χ0n) is 8.77. The van der Waals surface area contributed by atoms with Crippen molar-refractivity contribution in [3.63, 3.8) is 0 Å². The van der Waals surface area contributed by atoms with Crippen molar-refractivity contribution in [1.82, 2.24) is 5.32 Å². The van der Waals surface area contributed by atoms with Gasteiger partial charge in [0.05, 0.1) is 5.75 Å². The minimum absolute atomic E-state index is 0.189. The van der Waals surface area contributed by atoms with Crippen LogP contribution in [0.1, 0.15) is 39.5 Å². The Hall–Kier alpha value is -0.180. The van der Waals surface area contributed by atoms with E-state index >= 15 is 0 Å². The van der Waals surface area contributed by atoms with Crippen LogP contribution in [0.2, 0.25) is 0 Å². The minimum atomic E-state index is 0.189. The lowest BCUT2D eigenvalue weighted by Gasteiger charge is -2.03. The average molecular weight is 203 g/mol. The molecule has 13 heavy (non-hydrogen) atoms. The predicted molar refractivity (Wildman–Crippen MR) is 60.2 cm³/mol. The van der Waals surface area contributed by atoms with Crippen LogP contribution in [0.15, 0.2) is 0 Å². The summed E-state index contributed by atoms with van der Waals surface area (Å²) in [5.41, 5.74) is 0. The fourth-order valence-corrected chi connectivity index (χ4v) is 1.79. The topological polar surface area (TPSA) is 29.1 Å². The molecule has 0 aromatic heterocycles. The Morgan fingerprint density at radius 3 is 2.54 bits per heavy atom. The first-order valence-electron chi connectivity index (χ1n) is 5.15. The zero-order chi connectivity index (χ0) is 9.94. The van der Waals surface area contributed by atoms with Gasteiger partial charge in [-0.05, 0) is 18.6 Å². The van der Waals surface area contributed by atoms with Crippen molar-refractivity contribution in [1.29, 1.82) is 0 Å². The molecule has 0 aromatic rings. The largest absolute Gasteiger partial charge is 0.355 e. The second-order valence-electron chi connectivity index (χ2n) is 3.11. The van der Waals surface area contributed by atoms with Gasteiger partial charge in [-0.25, -0.2) is 0 Å². The Labute approximate surface area is 85.9 Å². The number of hydrogen-bond acceptors (Lipinski definition) is 2. The third kappa shape index (κ3) is 9.74. The van der Waals surface area contributed by atoms with E-state index in [2.05, 4.69) is 19.2 Å². The highest BCUT2D eigenvalue weighted by atomic mass is 32.2. The fraction of sp³-hybridized carbons (Fsp3) is 0.900. The quantitative estimate of drug-likeness (QED) is 0.614. The summed E-state index contributed by atoms with van der Waals surface area (Å²) in [6.07, 6.45) is 4.66. The second kappa shape index (κ2) is 9.90. The zero-order valence-corrected chi connectivity index (χ0v) is 9.58. The molecule has 0 aliphatic rings. The average Bonchev–Trinajstić information content (AvgIpc) is 2.13. The van der Waals surface area contributed by atoms with Gasteiger partial charge in [-0.3, -0.25) is 4.79 Å². The van der Waals surface area contributed by atoms with Crippen LogP contribution in [0.3, 0.4) is 0 Å². The van der Waals surface area contributed by atoms with E-state index in [4.69, 9.17) is 0 Å². The third-order valence-electron chi connectivity index (χ3n) is 1.73. The molecule has 0 heterocycles. The first-order valence-corrected chi connectivity index (χ1v) is 6.31. The molecular formula is C10H21NOS. The lowest BCUT2D eigenvalue weighted by Crippen LogP contribution is -2.26. The predicted octanol–water partition coefficient (Wildman–Crippen LogP) is 2.44. The van der Waals surface area contributed by atoms with Crippen LogP contribution in [0.5, 0.6) is 0 Å². The van der Waals surface area contributed by atoms with Gasteiger partial charge in [-0.2, -0.15) is 11.8 Å². The van der Waals surface area contributed by atoms with E-state index in [1.807, 2.05) is 0 Å². The van der Waals surface area contributed by atoms with Gasteiger partial charge in [-0.1, -0.05) is 26.7 Å². The van der Waals surface area contributed by atoms with Crippen molar-refractivity contribution in [2.24, 2.45) is 0 Å². The van der Waals surface area contributed by atoms with E-state index in [1.165, 1.54) is 12.8 Å². The number of carbonyl (C=O) groups is 1. The SMILES string of the molecule is CCCCNC(=O)CSCCCC. The number of amides is 1. The highest BCUT2D eigenvalue weighted by Crippen LogP contribution is 2.03. The van der Waals surface area contributed by atoms with Crippen LogP contribution >= 0.6 is 11.8 Å². The highest BCUT2D eigenvalue weighted by Gasteiger charge is 1.98. The maximum Gasteiger partial charge on any atom is 0.229 e. The van der Waals surface area contributed by atoms with Gasteiger partial charge in [0.2, 0.25) is 5.91 Å². The normalized spacial score (nSPS) is 10.0. The molecule has 0 saturated heterocycles. The van der Waals surface area contributed by atoms with Gasteiger partial charge in [0.1, 0.15) is 0 Å². The van der Waals surface area contributed by atoms with Crippen LogP contribution in [0.25, 0.3) is 0 Å². The highest BCUT2D eigenvalue weighted by molar-refractivity contribution is 7.99. The molecular weight excluding hydrogens is 182 g/mol. The molecule has 0 atom stereocenters. The maximum atomic E-state index is 11.1. The lowest BCUT2D eigenvalue weighted by molar-refractivity contribution is -0.118. The van der Waals surface area contributed by atoms with Gasteiger partial charge >= 0.3 is 0 Å². The molecule has 3 heteroatoms. The van der Waals surface area contributed by atoms with Crippen molar-refractivity contribution in [3.8, 4) is 0 Å². The molecule has 0 fully saturated rings. The standard InChI is InChI=1S/C10H21NOS/c1-3-5-7-11-10(12)9-13-8-6-4-2/h3-9H2,1-2H3,(H,11,12). The molecule has 78 valence electrons. The van der Waals surface area contributed by atoms with Gasteiger partial charge in [0.15, 0.2) is 0 Å². The van der Waals surface area contributed by atoms with Crippen LogP contribution in [0, 0.1) is 0 Å². The summed E-state index contributed by atoms with van der Waals surface area (Å²) in [5, 5.41) is 2.90. The molecule has 0 bridgehead atoms. The number of carbonyl (C=O) groups excluding carboxylic acids is 1. The number of thioether (sulfide) groups is 1. The summed E-state index contributed by atoms with van der Waals surface area (Å²) >= 11 is 1.73. The first kappa shape index (κ1) is 12.8. The molecule has 0 unspecified atom stereocenters. The van der Waals surface area contributed by atoms with Crippen LogP contribution in [-0.2, 0) is 4.79 Å². The summed E-state index contributed by atoms with van der Waals surface area (Å²) in [4.78, 5) is 11.1. The van der Waals surface area contributed by atoms with Gasteiger partial charge in [0, 0.05) is 6.54 Å². The van der Waals surface area contributed by atoms with E-state index < -0.39 is 0 Å². The molecule has 2 nitrogen and oxygen atoms in total. The Kier molecular flexibility index (Phi) is 9.77. The lowest BCUT2D eigenvalue weighted by atomic mass is 10.3. The molecule has 0 aromatic carbocycles. The molecule has 0 rings (SSSR count). The summed E-state index contributed by atoms with van der Waals surface area (Å²) in [6, 6.07) is 0. The number of hydrogen-bond donors (Lipinski definition) is 1. The van der Waals surface area contributed by atoms with E-state index in [-0.39, 0.29) is 5.91 Å². The van der Waals surface area contributed by atoms with E-state index in [0.717, 1.165) is 25.1 Å². The van der Waals surface area contributed by atoms with Crippen LogP contribution < -0.4 is 5.32 Å². The molecule has 0 aliphatic carbocycles. The van der Waals surface area contributed by atoms with E-state index in [1.54, 1.807) is 11.8 Å². The minimum Gasteiger partial charge on any atom is -0.355 e. The van der Waals surface area contributed by atoms with Gasteiger partial charge < -0.3 is 5.32 Å². The summed E-state index contributed by atoms with van der Waals surface area (Å²) in [7, 11) is 0. The van der Waals surface area contributed by atoms with E-state index in [0.29, 0.717) is 5.75 Å². The van der Waals surface area contributed by atoms with Crippen molar-refractivity contribution < 1.29 is 4.79 Å². The Morgan fingerprint density at radius 2 is 1.92 bits per heavy atom. The van der Waals surface area contributed by atoms with Crippen molar-refractivity contribution in [2.75, 3.05) is 18.1 Å². The summed E-state index contributed by atoms with van der Waals surface area (Å²) < 4.78 is 0. The monoisotopic (exact) mass is 203 g/mol. The van der Waals surface area contributed by atoms with Gasteiger partial charge in [-0.15, -0.1) is 0 Å². The Bertz CT molecular complexity index is 128. The third-order valence-corrected chi connectivity index (χ3v) is 2.77.